The van der Waals surface area contributed by atoms with Gasteiger partial charge in [-0.05, 0) is 62.4 Å². The molecule has 0 saturated carbocycles. The smallest absolute Gasteiger partial charge is 0.408 e. The number of piperidine rings is 1. The van der Waals surface area contributed by atoms with E-state index in [1.165, 1.54) is 12.5 Å². The van der Waals surface area contributed by atoms with Crippen LogP contribution in [-0.4, -0.2) is 53.9 Å². The predicted molar refractivity (Wildman–Crippen MR) is 135 cm³/mol. The summed E-state index contributed by atoms with van der Waals surface area (Å²) in [5, 5.41) is 5.06. The van der Waals surface area contributed by atoms with Crippen LogP contribution in [0.2, 0.25) is 0 Å². The van der Waals surface area contributed by atoms with Crippen LogP contribution < -0.4 is 10.2 Å². The lowest BCUT2D eigenvalue weighted by Gasteiger charge is -2.35. The van der Waals surface area contributed by atoms with Gasteiger partial charge in [0.1, 0.15) is 11.6 Å². The van der Waals surface area contributed by atoms with Gasteiger partial charge in [-0.15, -0.1) is 0 Å². The molecule has 35 heavy (non-hydrogen) atoms. The quantitative estimate of drug-likeness (QED) is 0.539. The third-order valence-corrected chi connectivity index (χ3v) is 6.11. The maximum atomic E-state index is 12.4. The first-order valence-electron chi connectivity index (χ1n) is 11.9. The summed E-state index contributed by atoms with van der Waals surface area (Å²) in [6.45, 7) is 6.67. The number of esters is 1. The minimum absolute atomic E-state index is 0.0742. The van der Waals surface area contributed by atoms with Crippen LogP contribution in [0.5, 0.6) is 0 Å². The number of nitrogens with zero attached hydrogens (tertiary/aromatic N) is 3. The molecule has 0 radical (unpaired) electrons. The van der Waals surface area contributed by atoms with E-state index in [1.54, 1.807) is 27.0 Å². The number of nitrogens with one attached hydrogen (secondary N) is 1. The van der Waals surface area contributed by atoms with Crippen LogP contribution in [-0.2, 0) is 14.3 Å². The fourth-order valence-electron chi connectivity index (χ4n) is 4.37. The molecule has 2 aromatic carbocycles. The van der Waals surface area contributed by atoms with Crippen molar-refractivity contribution in [3.8, 4) is 11.3 Å². The molecular weight excluding hydrogens is 444 g/mol. The first kappa shape index (κ1) is 24.4. The Morgan fingerprint density at radius 3 is 2.46 bits per heavy atom. The zero-order valence-corrected chi connectivity index (χ0v) is 20.7. The summed E-state index contributed by atoms with van der Waals surface area (Å²) in [4.78, 5) is 36.2. The molecule has 0 bridgehead atoms. The topological polar surface area (TPSA) is 93.6 Å². The van der Waals surface area contributed by atoms with Crippen LogP contribution in [0.15, 0.2) is 54.7 Å². The molecule has 0 spiro atoms. The van der Waals surface area contributed by atoms with E-state index < -0.39 is 23.7 Å². The van der Waals surface area contributed by atoms with Crippen LogP contribution >= 0.6 is 0 Å². The summed E-state index contributed by atoms with van der Waals surface area (Å²) in [7, 11) is 1.33. The lowest BCUT2D eigenvalue weighted by molar-refractivity contribution is -0.144. The summed E-state index contributed by atoms with van der Waals surface area (Å²) in [5.41, 5.74) is 1.25. The van der Waals surface area contributed by atoms with Gasteiger partial charge in [-0.1, -0.05) is 36.4 Å². The second-order valence-electron chi connectivity index (χ2n) is 9.78. The molecule has 1 atom stereocenters. The van der Waals surface area contributed by atoms with Crippen LogP contribution in [0.3, 0.4) is 0 Å². The molecule has 1 aliphatic heterocycles. The first-order valence-corrected chi connectivity index (χ1v) is 11.9. The Bertz CT molecular complexity index is 1200. The number of carbonyl (C=O) groups is 2. The molecule has 1 saturated heterocycles. The number of hydrogen-bond donors (Lipinski definition) is 1. The molecule has 1 N–H and O–H groups in total. The van der Waals surface area contributed by atoms with Crippen LogP contribution in [0, 0.1) is 5.92 Å². The van der Waals surface area contributed by atoms with E-state index in [2.05, 4.69) is 45.5 Å². The summed E-state index contributed by atoms with van der Waals surface area (Å²) in [6, 6.07) is 15.7. The summed E-state index contributed by atoms with van der Waals surface area (Å²) < 4.78 is 10.3. The highest BCUT2D eigenvalue weighted by Gasteiger charge is 2.35. The van der Waals surface area contributed by atoms with Crippen LogP contribution in [0.1, 0.15) is 33.6 Å². The highest BCUT2D eigenvalue weighted by molar-refractivity contribution is 5.86. The molecule has 2 heterocycles. The third kappa shape index (κ3) is 6.07. The van der Waals surface area contributed by atoms with Crippen LogP contribution in [0.4, 0.5) is 10.7 Å². The second kappa shape index (κ2) is 10.3. The van der Waals surface area contributed by atoms with E-state index in [9.17, 15) is 9.59 Å². The van der Waals surface area contributed by atoms with E-state index in [4.69, 9.17) is 14.5 Å². The molecule has 0 aliphatic carbocycles. The first-order chi connectivity index (χ1) is 16.7. The molecule has 184 valence electrons. The number of rotatable bonds is 5. The Morgan fingerprint density at radius 2 is 1.77 bits per heavy atom. The van der Waals surface area contributed by atoms with Gasteiger partial charge in [0.2, 0.25) is 5.95 Å². The normalized spacial score (nSPS) is 15.5. The Balaban J connectivity index is 1.44. The Kier molecular flexibility index (Phi) is 7.19. The molecule has 0 unspecified atom stereocenters. The number of hydrogen-bond acceptors (Lipinski definition) is 7. The Labute approximate surface area is 205 Å². The Morgan fingerprint density at radius 1 is 1.06 bits per heavy atom. The van der Waals surface area contributed by atoms with Crippen molar-refractivity contribution in [2.24, 2.45) is 5.92 Å². The summed E-state index contributed by atoms with van der Waals surface area (Å²) in [6.07, 6.45) is 2.51. The lowest BCUT2D eigenvalue weighted by atomic mass is 9.89. The van der Waals surface area contributed by atoms with E-state index >= 15 is 0 Å². The van der Waals surface area contributed by atoms with Crippen molar-refractivity contribution >= 4 is 28.8 Å². The molecule has 1 aromatic heterocycles. The fraction of sp³-hybridized carbons (Fsp3) is 0.407. The Hall–Kier alpha value is -3.68. The molecule has 1 aliphatic rings. The standard InChI is InChI=1S/C27H32N4O4/c1-27(2,3)35-26(33)30-23(24(32)34-4)19-12-15-31(16-13-19)25-28-14-11-22(29-25)21-10-9-18-7-5-6-8-20(18)17-21/h5-11,14,17,19,23H,12-13,15-16H2,1-4H3,(H,30,33)/t23-/m1/s1. The monoisotopic (exact) mass is 476 g/mol. The predicted octanol–water partition coefficient (Wildman–Crippen LogP) is 4.58. The van der Waals surface area contributed by atoms with Gasteiger partial charge in [-0.2, -0.15) is 0 Å². The summed E-state index contributed by atoms with van der Waals surface area (Å²) >= 11 is 0. The SMILES string of the molecule is COC(=O)[C@H](NC(=O)OC(C)(C)C)C1CCN(c2nccc(-c3ccc4ccccc4c3)n2)CC1. The number of benzene rings is 2. The van der Waals surface area contributed by atoms with E-state index in [0.717, 1.165) is 16.6 Å². The highest BCUT2D eigenvalue weighted by Crippen LogP contribution is 2.27. The third-order valence-electron chi connectivity index (χ3n) is 6.11. The molecule has 1 amide bonds. The number of alkyl carbamates (subject to hydrolysis) is 1. The van der Waals surface area contributed by atoms with Crippen molar-refractivity contribution in [2.45, 2.75) is 45.3 Å². The van der Waals surface area contributed by atoms with Crippen molar-refractivity contribution in [2.75, 3.05) is 25.1 Å². The highest BCUT2D eigenvalue weighted by atomic mass is 16.6. The van der Waals surface area contributed by atoms with Gasteiger partial charge in [0.25, 0.3) is 0 Å². The van der Waals surface area contributed by atoms with Crippen molar-refractivity contribution in [3.05, 3.63) is 54.7 Å². The van der Waals surface area contributed by atoms with Crippen LogP contribution in [0.25, 0.3) is 22.0 Å². The number of amides is 1. The second-order valence-corrected chi connectivity index (χ2v) is 9.78. The average Bonchev–Trinajstić information content (AvgIpc) is 2.85. The number of methoxy groups -OCH3 is 1. The molecule has 1 fully saturated rings. The zero-order valence-electron chi connectivity index (χ0n) is 20.7. The zero-order chi connectivity index (χ0) is 25.0. The van der Waals surface area contributed by atoms with Gasteiger partial charge in [-0.25, -0.2) is 19.6 Å². The van der Waals surface area contributed by atoms with E-state index in [1.807, 2.05) is 18.2 Å². The van der Waals surface area contributed by atoms with Gasteiger partial charge >= 0.3 is 12.1 Å². The number of anilines is 1. The number of aromatic nitrogens is 2. The molecule has 8 nitrogen and oxygen atoms in total. The van der Waals surface area contributed by atoms with Gasteiger partial charge in [-0.3, -0.25) is 0 Å². The largest absolute Gasteiger partial charge is 0.467 e. The van der Waals surface area contributed by atoms with Crippen molar-refractivity contribution < 1.29 is 19.1 Å². The number of ether oxygens (including phenoxy) is 2. The van der Waals surface area contributed by atoms with Gasteiger partial charge in [0.05, 0.1) is 12.8 Å². The number of fused-ring (bicyclic) bond motifs is 1. The molecular formula is C27H32N4O4. The number of carbonyl (C=O) groups excluding carboxylic acids is 2. The minimum Gasteiger partial charge on any atom is -0.467 e. The summed E-state index contributed by atoms with van der Waals surface area (Å²) in [5.74, 6) is 0.113. The average molecular weight is 477 g/mol. The van der Waals surface area contributed by atoms with Gasteiger partial charge in [0, 0.05) is 24.8 Å². The molecule has 8 heteroatoms. The van der Waals surface area contributed by atoms with Gasteiger partial charge in [0.15, 0.2) is 0 Å². The maximum absolute atomic E-state index is 12.4. The van der Waals surface area contributed by atoms with E-state index in [0.29, 0.717) is 31.9 Å². The minimum atomic E-state index is -0.762. The van der Waals surface area contributed by atoms with Crippen molar-refractivity contribution in [1.29, 1.82) is 0 Å². The maximum Gasteiger partial charge on any atom is 0.408 e. The van der Waals surface area contributed by atoms with Crippen molar-refractivity contribution in [1.82, 2.24) is 15.3 Å². The van der Waals surface area contributed by atoms with Gasteiger partial charge < -0.3 is 19.7 Å². The molecule has 4 rings (SSSR count). The molecule has 3 aromatic rings. The van der Waals surface area contributed by atoms with E-state index in [-0.39, 0.29) is 5.92 Å². The fourth-order valence-corrected chi connectivity index (χ4v) is 4.37. The van der Waals surface area contributed by atoms with Crippen molar-refractivity contribution in [3.63, 3.8) is 0 Å². The lowest BCUT2D eigenvalue weighted by Crippen LogP contribution is -2.51.